The molecule has 0 radical (unpaired) electrons. The van der Waals surface area contributed by atoms with E-state index in [0.29, 0.717) is 29.4 Å². The van der Waals surface area contributed by atoms with Gasteiger partial charge in [-0.3, -0.25) is 4.79 Å². The van der Waals surface area contributed by atoms with Gasteiger partial charge in [0, 0.05) is 19.1 Å². The third-order valence-electron chi connectivity index (χ3n) is 13.9. The normalized spacial score (nSPS) is 34.9. The van der Waals surface area contributed by atoms with Crippen molar-refractivity contribution in [3.8, 4) is 0 Å². The predicted octanol–water partition coefficient (Wildman–Crippen LogP) is 11.3. The zero-order valence-corrected chi connectivity index (χ0v) is 29.6. The Hall–Kier alpha value is -0.830. The minimum atomic E-state index is 0.316. The van der Waals surface area contributed by atoms with Crippen molar-refractivity contribution in [3.05, 3.63) is 12.2 Å². The first kappa shape index (κ1) is 36.0. The molecule has 3 nitrogen and oxygen atoms in total. The molecule has 0 spiro atoms. The highest BCUT2D eigenvalue weighted by molar-refractivity contribution is 5.76. The maximum absolute atomic E-state index is 12.9. The molecule has 4 fully saturated rings. The molecule has 4 rings (SSSR count). The fraction of sp³-hybridized carbons (Fsp3) is 0.927. The molecule has 2 N–H and O–H groups in total. The molecule has 8 atom stereocenters. The molecule has 0 bridgehead atoms. The van der Waals surface area contributed by atoms with Gasteiger partial charge in [0.05, 0.1) is 0 Å². The van der Waals surface area contributed by atoms with Crippen molar-refractivity contribution in [1.29, 1.82) is 0 Å². The van der Waals surface area contributed by atoms with Crippen molar-refractivity contribution in [2.45, 2.75) is 194 Å². The van der Waals surface area contributed by atoms with Crippen LogP contribution in [0.4, 0.5) is 0 Å². The van der Waals surface area contributed by atoms with Gasteiger partial charge in [-0.2, -0.15) is 0 Å². The molecule has 254 valence electrons. The molecule has 8 unspecified atom stereocenters. The van der Waals surface area contributed by atoms with E-state index in [0.717, 1.165) is 48.9 Å². The first-order valence-corrected chi connectivity index (χ1v) is 20.0. The SMILES string of the molecule is CCCCCCCC/C=C\CCCCCCCC(=O)NC1CCC2(C)C(CCC3C4CCC(CCCCO)C4(C)CCC32)C1. The number of aliphatic hydroxyl groups excluding tert-OH is 1. The minimum Gasteiger partial charge on any atom is -0.396 e. The summed E-state index contributed by atoms with van der Waals surface area (Å²) in [6, 6.07) is 0.413. The summed E-state index contributed by atoms with van der Waals surface area (Å²) in [4.78, 5) is 12.9. The van der Waals surface area contributed by atoms with Crippen LogP contribution in [0.3, 0.4) is 0 Å². The zero-order chi connectivity index (χ0) is 31.3. The van der Waals surface area contributed by atoms with Crippen LogP contribution in [0, 0.1) is 40.4 Å². The van der Waals surface area contributed by atoms with E-state index in [9.17, 15) is 9.90 Å². The monoisotopic (exact) mass is 612 g/mol. The number of carbonyl (C=O) groups excluding carboxylic acids is 1. The lowest BCUT2D eigenvalue weighted by Crippen LogP contribution is -2.55. The summed E-state index contributed by atoms with van der Waals surface area (Å²) in [7, 11) is 0. The summed E-state index contributed by atoms with van der Waals surface area (Å²) in [5.41, 5.74) is 1.04. The van der Waals surface area contributed by atoms with Crippen molar-refractivity contribution >= 4 is 5.91 Å². The quantitative estimate of drug-likeness (QED) is 0.106. The molecule has 0 aromatic rings. The highest BCUT2D eigenvalue weighted by Crippen LogP contribution is 2.67. The Morgan fingerprint density at radius 1 is 0.727 bits per heavy atom. The molecule has 0 aliphatic heterocycles. The topological polar surface area (TPSA) is 49.3 Å². The van der Waals surface area contributed by atoms with Crippen LogP contribution in [0.25, 0.3) is 0 Å². The third kappa shape index (κ3) is 9.60. The smallest absolute Gasteiger partial charge is 0.220 e. The molecule has 0 aromatic carbocycles. The first-order chi connectivity index (χ1) is 21.4. The van der Waals surface area contributed by atoms with E-state index in [1.165, 1.54) is 148 Å². The summed E-state index contributed by atoms with van der Waals surface area (Å²) >= 11 is 0. The molecule has 3 heteroatoms. The van der Waals surface area contributed by atoms with Gasteiger partial charge >= 0.3 is 0 Å². The van der Waals surface area contributed by atoms with Crippen molar-refractivity contribution in [1.82, 2.24) is 5.32 Å². The summed E-state index contributed by atoms with van der Waals surface area (Å²) in [6.45, 7) is 7.96. The van der Waals surface area contributed by atoms with Crippen LogP contribution in [-0.4, -0.2) is 23.7 Å². The Morgan fingerprint density at radius 3 is 2.11 bits per heavy atom. The first-order valence-electron chi connectivity index (χ1n) is 20.0. The standard InChI is InChI=1S/C41H73NO2/c1-4-5-6-7-8-9-10-11-12-13-14-15-16-17-18-22-39(44)42-35-27-29-41(3)34(32-35)23-25-36-37-26-24-33(21-19-20-31-43)40(37,2)30-28-38(36)41/h11-12,33-38,43H,4-10,13-32H2,1-3H3,(H,42,44)/b12-11-. The predicted molar refractivity (Wildman–Crippen MR) is 188 cm³/mol. The second kappa shape index (κ2) is 18.5. The third-order valence-corrected chi connectivity index (χ3v) is 13.9. The fourth-order valence-corrected chi connectivity index (χ4v) is 11.1. The van der Waals surface area contributed by atoms with Gasteiger partial charge < -0.3 is 10.4 Å². The van der Waals surface area contributed by atoms with Gasteiger partial charge in [-0.15, -0.1) is 0 Å². The van der Waals surface area contributed by atoms with E-state index < -0.39 is 0 Å². The molecule has 4 saturated carbocycles. The number of fused-ring (bicyclic) bond motifs is 5. The van der Waals surface area contributed by atoms with E-state index in [1.807, 2.05) is 0 Å². The Kier molecular flexibility index (Phi) is 15.1. The molecule has 4 aliphatic carbocycles. The maximum Gasteiger partial charge on any atom is 0.220 e. The van der Waals surface area contributed by atoms with E-state index in [1.54, 1.807) is 0 Å². The van der Waals surface area contributed by atoms with Crippen LogP contribution in [0.5, 0.6) is 0 Å². The highest BCUT2D eigenvalue weighted by atomic mass is 16.2. The average molecular weight is 612 g/mol. The van der Waals surface area contributed by atoms with Crippen molar-refractivity contribution in [2.75, 3.05) is 6.61 Å². The molecule has 0 heterocycles. The second-order valence-electron chi connectivity index (χ2n) is 16.6. The molecule has 0 saturated heterocycles. The number of allylic oxidation sites excluding steroid dienone is 2. The number of hydrogen-bond acceptors (Lipinski definition) is 2. The summed E-state index contributed by atoms with van der Waals surface area (Å²) in [5, 5.41) is 12.8. The number of amides is 1. The van der Waals surface area contributed by atoms with Gasteiger partial charge in [0.2, 0.25) is 5.91 Å². The number of carbonyl (C=O) groups is 1. The van der Waals surface area contributed by atoms with Crippen molar-refractivity contribution in [2.24, 2.45) is 40.4 Å². The van der Waals surface area contributed by atoms with Gasteiger partial charge in [0.25, 0.3) is 0 Å². The minimum absolute atomic E-state index is 0.316. The van der Waals surface area contributed by atoms with Gasteiger partial charge in [0.15, 0.2) is 0 Å². The van der Waals surface area contributed by atoms with E-state index in [-0.39, 0.29) is 0 Å². The van der Waals surface area contributed by atoms with Crippen LogP contribution >= 0.6 is 0 Å². The number of nitrogens with one attached hydrogen (secondary N) is 1. The molecule has 44 heavy (non-hydrogen) atoms. The maximum atomic E-state index is 12.9. The van der Waals surface area contributed by atoms with Crippen LogP contribution in [0.15, 0.2) is 12.2 Å². The van der Waals surface area contributed by atoms with Gasteiger partial charge in [0.1, 0.15) is 0 Å². The zero-order valence-electron chi connectivity index (χ0n) is 29.6. The largest absolute Gasteiger partial charge is 0.396 e. The van der Waals surface area contributed by atoms with E-state index in [2.05, 4.69) is 38.2 Å². The lowest BCUT2D eigenvalue weighted by Gasteiger charge is -2.61. The summed E-state index contributed by atoms with van der Waals surface area (Å²) in [6.07, 6.45) is 38.3. The Labute approximate surface area is 273 Å². The van der Waals surface area contributed by atoms with Crippen molar-refractivity contribution in [3.63, 3.8) is 0 Å². The summed E-state index contributed by atoms with van der Waals surface area (Å²) in [5.74, 6) is 4.78. The highest BCUT2D eigenvalue weighted by Gasteiger charge is 2.59. The van der Waals surface area contributed by atoms with Gasteiger partial charge in [-0.05, 0) is 143 Å². The second-order valence-corrected chi connectivity index (χ2v) is 16.6. The fourth-order valence-electron chi connectivity index (χ4n) is 11.1. The number of hydrogen-bond donors (Lipinski definition) is 2. The van der Waals surface area contributed by atoms with Crippen LogP contribution < -0.4 is 5.32 Å². The summed E-state index contributed by atoms with van der Waals surface area (Å²) < 4.78 is 0. The molecule has 1 amide bonds. The van der Waals surface area contributed by atoms with E-state index >= 15 is 0 Å². The van der Waals surface area contributed by atoms with Gasteiger partial charge in [-0.1, -0.05) is 90.7 Å². The Morgan fingerprint density at radius 2 is 1.39 bits per heavy atom. The average Bonchev–Trinajstić information content (AvgIpc) is 3.35. The van der Waals surface area contributed by atoms with Crippen LogP contribution in [0.1, 0.15) is 188 Å². The number of rotatable bonds is 20. The Balaban J connectivity index is 1.07. The molecule has 0 aromatic heterocycles. The lowest BCUT2D eigenvalue weighted by atomic mass is 9.44. The number of aliphatic hydroxyl groups is 1. The lowest BCUT2D eigenvalue weighted by molar-refractivity contribution is -0.127. The molecular formula is C41H73NO2. The van der Waals surface area contributed by atoms with E-state index in [4.69, 9.17) is 0 Å². The Bertz CT molecular complexity index is 854. The van der Waals surface area contributed by atoms with Crippen LogP contribution in [-0.2, 0) is 4.79 Å². The molecule has 4 aliphatic rings. The van der Waals surface area contributed by atoms with Crippen molar-refractivity contribution < 1.29 is 9.90 Å². The van der Waals surface area contributed by atoms with Crippen LogP contribution in [0.2, 0.25) is 0 Å². The number of unbranched alkanes of at least 4 members (excludes halogenated alkanes) is 12. The molecular weight excluding hydrogens is 538 g/mol. The van der Waals surface area contributed by atoms with Gasteiger partial charge in [-0.25, -0.2) is 0 Å².